The monoisotopic (exact) mass is 185 g/mol. The number of nitrogens with one attached hydrogen (secondary N) is 1. The summed E-state index contributed by atoms with van der Waals surface area (Å²) >= 11 is 0. The van der Waals surface area contributed by atoms with Crippen LogP contribution in [0.2, 0.25) is 0 Å². The van der Waals surface area contributed by atoms with E-state index in [1.807, 2.05) is 0 Å². The zero-order valence-corrected chi connectivity index (χ0v) is 9.01. The maximum Gasteiger partial charge on any atom is 0.0464 e. The Bertz CT molecular complexity index is 121. The summed E-state index contributed by atoms with van der Waals surface area (Å²) in [6.45, 7) is 4.46. The Morgan fingerprint density at radius 1 is 1.46 bits per heavy atom. The standard InChI is InChI=1S/C11H23NO/c1-10(6-8-13-2)9-11-5-3-4-7-12-11/h10-12H,3-9H2,1-2H3. The van der Waals surface area contributed by atoms with Gasteiger partial charge in [0.2, 0.25) is 0 Å². The van der Waals surface area contributed by atoms with Gasteiger partial charge in [-0.2, -0.15) is 0 Å². The first-order chi connectivity index (χ1) is 6.33. The first kappa shape index (κ1) is 11.0. The zero-order valence-electron chi connectivity index (χ0n) is 9.01. The molecule has 1 rings (SSSR count). The van der Waals surface area contributed by atoms with E-state index in [-0.39, 0.29) is 0 Å². The molecule has 1 heterocycles. The molecule has 1 aliphatic rings. The summed E-state index contributed by atoms with van der Waals surface area (Å²) in [7, 11) is 1.78. The van der Waals surface area contributed by atoms with Crippen LogP contribution >= 0.6 is 0 Å². The quantitative estimate of drug-likeness (QED) is 0.709. The number of ether oxygens (including phenoxy) is 1. The van der Waals surface area contributed by atoms with Gasteiger partial charge in [-0.1, -0.05) is 13.3 Å². The molecule has 1 N–H and O–H groups in total. The fourth-order valence-corrected chi connectivity index (χ4v) is 2.05. The second kappa shape index (κ2) is 6.39. The van der Waals surface area contributed by atoms with Gasteiger partial charge in [0.05, 0.1) is 0 Å². The van der Waals surface area contributed by atoms with E-state index >= 15 is 0 Å². The van der Waals surface area contributed by atoms with Gasteiger partial charge in [0.15, 0.2) is 0 Å². The molecule has 0 aliphatic carbocycles. The molecule has 0 aromatic rings. The molecule has 0 amide bonds. The van der Waals surface area contributed by atoms with Crippen molar-refractivity contribution < 1.29 is 4.74 Å². The van der Waals surface area contributed by atoms with Crippen molar-refractivity contribution in [2.24, 2.45) is 5.92 Å². The number of hydrogen-bond donors (Lipinski definition) is 1. The third-order valence-electron chi connectivity index (χ3n) is 2.91. The lowest BCUT2D eigenvalue weighted by atomic mass is 9.93. The van der Waals surface area contributed by atoms with Gasteiger partial charge < -0.3 is 10.1 Å². The highest BCUT2D eigenvalue weighted by molar-refractivity contribution is 4.74. The van der Waals surface area contributed by atoms with Crippen molar-refractivity contribution in [2.45, 2.75) is 45.1 Å². The number of hydrogen-bond acceptors (Lipinski definition) is 2. The maximum atomic E-state index is 5.08. The van der Waals surface area contributed by atoms with Crippen molar-refractivity contribution in [3.05, 3.63) is 0 Å². The van der Waals surface area contributed by atoms with Gasteiger partial charge in [0, 0.05) is 19.8 Å². The van der Waals surface area contributed by atoms with Gasteiger partial charge in [0.1, 0.15) is 0 Å². The largest absolute Gasteiger partial charge is 0.385 e. The van der Waals surface area contributed by atoms with E-state index in [0.29, 0.717) is 0 Å². The van der Waals surface area contributed by atoms with E-state index in [2.05, 4.69) is 12.2 Å². The molecule has 2 nitrogen and oxygen atoms in total. The van der Waals surface area contributed by atoms with Crippen molar-refractivity contribution >= 4 is 0 Å². The fraction of sp³-hybridized carbons (Fsp3) is 1.00. The second-order valence-corrected chi connectivity index (χ2v) is 4.27. The number of rotatable bonds is 5. The van der Waals surface area contributed by atoms with Crippen LogP contribution in [0.25, 0.3) is 0 Å². The molecule has 0 saturated carbocycles. The van der Waals surface area contributed by atoms with Crippen LogP contribution < -0.4 is 5.32 Å². The third-order valence-corrected chi connectivity index (χ3v) is 2.91. The summed E-state index contributed by atoms with van der Waals surface area (Å²) in [6, 6.07) is 0.778. The van der Waals surface area contributed by atoms with E-state index in [9.17, 15) is 0 Å². The van der Waals surface area contributed by atoms with E-state index in [1.165, 1.54) is 38.6 Å². The molecule has 0 aromatic heterocycles. The molecule has 0 bridgehead atoms. The van der Waals surface area contributed by atoms with Crippen LogP contribution in [0, 0.1) is 5.92 Å². The third kappa shape index (κ3) is 4.63. The molecule has 1 saturated heterocycles. The molecular weight excluding hydrogens is 162 g/mol. The van der Waals surface area contributed by atoms with Gasteiger partial charge in [-0.05, 0) is 38.1 Å². The fourth-order valence-electron chi connectivity index (χ4n) is 2.05. The molecule has 2 heteroatoms. The van der Waals surface area contributed by atoms with E-state index < -0.39 is 0 Å². The van der Waals surface area contributed by atoms with Crippen LogP contribution in [0.15, 0.2) is 0 Å². The van der Waals surface area contributed by atoms with Crippen molar-refractivity contribution in [3.8, 4) is 0 Å². The summed E-state index contributed by atoms with van der Waals surface area (Å²) in [4.78, 5) is 0. The smallest absolute Gasteiger partial charge is 0.0464 e. The molecule has 0 aromatic carbocycles. The lowest BCUT2D eigenvalue weighted by molar-refractivity contribution is 0.173. The van der Waals surface area contributed by atoms with Crippen molar-refractivity contribution in [1.29, 1.82) is 0 Å². The van der Waals surface area contributed by atoms with Crippen LogP contribution in [0.3, 0.4) is 0 Å². The summed E-state index contributed by atoms with van der Waals surface area (Å²) in [5.74, 6) is 0.801. The van der Waals surface area contributed by atoms with Gasteiger partial charge in [-0.3, -0.25) is 0 Å². The minimum absolute atomic E-state index is 0.778. The van der Waals surface area contributed by atoms with E-state index in [0.717, 1.165) is 18.6 Å². The predicted molar refractivity (Wildman–Crippen MR) is 55.9 cm³/mol. The lowest BCUT2D eigenvalue weighted by Gasteiger charge is -2.26. The first-order valence-electron chi connectivity index (χ1n) is 5.55. The van der Waals surface area contributed by atoms with Gasteiger partial charge in [-0.25, -0.2) is 0 Å². The average molecular weight is 185 g/mol. The molecular formula is C11H23NO. The Morgan fingerprint density at radius 3 is 2.92 bits per heavy atom. The van der Waals surface area contributed by atoms with Crippen LogP contribution in [-0.2, 0) is 4.74 Å². The van der Waals surface area contributed by atoms with Crippen LogP contribution in [0.5, 0.6) is 0 Å². The Balaban J connectivity index is 2.07. The summed E-state index contributed by atoms with van der Waals surface area (Å²) in [5.41, 5.74) is 0. The number of piperidine rings is 1. The topological polar surface area (TPSA) is 21.3 Å². The number of methoxy groups -OCH3 is 1. The SMILES string of the molecule is COCCC(C)CC1CCCCN1. The second-order valence-electron chi connectivity index (χ2n) is 4.27. The van der Waals surface area contributed by atoms with Gasteiger partial charge >= 0.3 is 0 Å². The summed E-state index contributed by atoms with van der Waals surface area (Å²) < 4.78 is 5.08. The zero-order chi connectivity index (χ0) is 9.52. The highest BCUT2D eigenvalue weighted by Gasteiger charge is 2.15. The minimum Gasteiger partial charge on any atom is -0.385 e. The molecule has 2 unspecified atom stereocenters. The normalized spacial score (nSPS) is 25.8. The minimum atomic E-state index is 0.778. The summed E-state index contributed by atoms with van der Waals surface area (Å²) in [5, 5.41) is 3.59. The Hall–Kier alpha value is -0.0800. The molecule has 2 atom stereocenters. The van der Waals surface area contributed by atoms with Crippen molar-refractivity contribution in [3.63, 3.8) is 0 Å². The van der Waals surface area contributed by atoms with Gasteiger partial charge in [0.25, 0.3) is 0 Å². The molecule has 78 valence electrons. The van der Waals surface area contributed by atoms with E-state index in [4.69, 9.17) is 4.74 Å². The van der Waals surface area contributed by atoms with Crippen molar-refractivity contribution in [2.75, 3.05) is 20.3 Å². The van der Waals surface area contributed by atoms with E-state index in [1.54, 1.807) is 7.11 Å². The Kier molecular flexibility index (Phi) is 5.40. The Morgan fingerprint density at radius 2 is 2.31 bits per heavy atom. The molecule has 0 radical (unpaired) electrons. The first-order valence-corrected chi connectivity index (χ1v) is 5.55. The lowest BCUT2D eigenvalue weighted by Crippen LogP contribution is -2.35. The molecule has 0 spiro atoms. The predicted octanol–water partition coefficient (Wildman–Crippen LogP) is 2.19. The van der Waals surface area contributed by atoms with Crippen molar-refractivity contribution in [1.82, 2.24) is 5.32 Å². The van der Waals surface area contributed by atoms with Crippen LogP contribution in [0.1, 0.15) is 39.0 Å². The van der Waals surface area contributed by atoms with Crippen LogP contribution in [0.4, 0.5) is 0 Å². The Labute approximate surface area is 82.0 Å². The summed E-state index contributed by atoms with van der Waals surface area (Å²) in [6.07, 6.45) is 6.67. The van der Waals surface area contributed by atoms with Gasteiger partial charge in [-0.15, -0.1) is 0 Å². The average Bonchev–Trinajstić information content (AvgIpc) is 2.16. The molecule has 13 heavy (non-hydrogen) atoms. The molecule has 1 fully saturated rings. The highest BCUT2D eigenvalue weighted by Crippen LogP contribution is 2.17. The highest BCUT2D eigenvalue weighted by atomic mass is 16.5. The molecule has 1 aliphatic heterocycles. The maximum absolute atomic E-state index is 5.08. The van der Waals surface area contributed by atoms with Crippen LogP contribution in [-0.4, -0.2) is 26.3 Å².